The van der Waals surface area contributed by atoms with Crippen LogP contribution in [0.2, 0.25) is 0 Å². The van der Waals surface area contributed by atoms with Crippen LogP contribution >= 0.6 is 0 Å². The Morgan fingerprint density at radius 2 is 1.67 bits per heavy atom. The van der Waals surface area contributed by atoms with Crippen molar-refractivity contribution in [1.29, 1.82) is 0 Å². The smallest absolute Gasteiger partial charge is 0.355 e. The van der Waals surface area contributed by atoms with E-state index in [0.29, 0.717) is 12.2 Å². The number of rotatable bonds is 5. The van der Waals surface area contributed by atoms with Crippen LogP contribution in [0, 0.1) is 0 Å². The van der Waals surface area contributed by atoms with Gasteiger partial charge in [-0.1, -0.05) is 36.4 Å². The number of benzene rings is 2. The minimum absolute atomic E-state index is 0.169. The lowest BCUT2D eigenvalue weighted by molar-refractivity contribution is -0.137. The minimum Gasteiger partial charge on any atom is -0.355 e. The number of amides is 1. The van der Waals surface area contributed by atoms with Gasteiger partial charge in [-0.25, -0.2) is 0 Å². The molecule has 1 heterocycles. The van der Waals surface area contributed by atoms with Crippen LogP contribution in [-0.4, -0.2) is 10.9 Å². The molecule has 0 saturated carbocycles. The highest BCUT2D eigenvalue weighted by molar-refractivity contribution is 5.93. The summed E-state index contributed by atoms with van der Waals surface area (Å²) in [6, 6.07) is 17.3. The second-order valence-electron chi connectivity index (χ2n) is 5.80. The molecule has 27 heavy (non-hydrogen) atoms. The van der Waals surface area contributed by atoms with E-state index in [1.807, 2.05) is 30.3 Å². The summed E-state index contributed by atoms with van der Waals surface area (Å²) in [5, 5.41) is 5.62. The monoisotopic (exact) mass is 371 g/mol. The van der Waals surface area contributed by atoms with Crippen molar-refractivity contribution in [2.24, 2.45) is 0 Å². The largest absolute Gasteiger partial charge is 0.416 e. The molecular formula is C20H16F3N3O. The van der Waals surface area contributed by atoms with Gasteiger partial charge >= 0.3 is 6.18 Å². The molecule has 1 amide bonds. The summed E-state index contributed by atoms with van der Waals surface area (Å²) in [6.07, 6.45) is -2.99. The highest BCUT2D eigenvalue weighted by atomic mass is 19.4. The van der Waals surface area contributed by atoms with Crippen molar-refractivity contribution < 1.29 is 18.0 Å². The summed E-state index contributed by atoms with van der Waals surface area (Å²) < 4.78 is 38.4. The van der Waals surface area contributed by atoms with E-state index < -0.39 is 11.7 Å². The molecule has 0 aliphatic carbocycles. The van der Waals surface area contributed by atoms with E-state index in [1.165, 1.54) is 24.4 Å². The molecule has 0 radical (unpaired) electrons. The van der Waals surface area contributed by atoms with E-state index in [1.54, 1.807) is 6.07 Å². The minimum atomic E-state index is -4.42. The molecule has 0 saturated heterocycles. The summed E-state index contributed by atoms with van der Waals surface area (Å²) in [5.74, 6) is -0.369. The average molecular weight is 371 g/mol. The molecule has 138 valence electrons. The lowest BCUT2D eigenvalue weighted by atomic mass is 10.2. The van der Waals surface area contributed by atoms with Gasteiger partial charge in [-0.05, 0) is 35.9 Å². The Morgan fingerprint density at radius 3 is 2.41 bits per heavy atom. The average Bonchev–Trinajstić information content (AvgIpc) is 2.67. The fourth-order valence-corrected chi connectivity index (χ4v) is 2.44. The normalized spacial score (nSPS) is 11.1. The Labute approximate surface area is 154 Å². The first-order valence-electron chi connectivity index (χ1n) is 8.14. The molecule has 0 aliphatic heterocycles. The van der Waals surface area contributed by atoms with Crippen LogP contribution in [0.1, 0.15) is 21.6 Å². The molecule has 0 spiro atoms. The quantitative estimate of drug-likeness (QED) is 0.679. The van der Waals surface area contributed by atoms with Crippen LogP contribution in [0.5, 0.6) is 0 Å². The van der Waals surface area contributed by atoms with Crippen molar-refractivity contribution in [3.05, 3.63) is 89.7 Å². The Bertz CT molecular complexity index is 927. The van der Waals surface area contributed by atoms with E-state index in [4.69, 9.17) is 0 Å². The molecule has 2 N–H and O–H groups in total. The van der Waals surface area contributed by atoms with E-state index >= 15 is 0 Å². The number of pyridine rings is 1. The molecule has 4 nitrogen and oxygen atoms in total. The molecule has 0 unspecified atom stereocenters. The van der Waals surface area contributed by atoms with Gasteiger partial charge in [0, 0.05) is 24.1 Å². The van der Waals surface area contributed by atoms with Crippen LogP contribution < -0.4 is 10.6 Å². The van der Waals surface area contributed by atoms with Gasteiger partial charge in [-0.2, -0.15) is 13.2 Å². The van der Waals surface area contributed by atoms with Crippen molar-refractivity contribution in [1.82, 2.24) is 10.3 Å². The van der Waals surface area contributed by atoms with Crippen LogP contribution in [-0.2, 0) is 12.7 Å². The van der Waals surface area contributed by atoms with Gasteiger partial charge in [0.1, 0.15) is 5.69 Å². The lowest BCUT2D eigenvalue weighted by Gasteiger charge is -2.11. The van der Waals surface area contributed by atoms with Crippen molar-refractivity contribution in [2.45, 2.75) is 12.7 Å². The number of nitrogens with zero attached hydrogens (tertiary/aromatic N) is 1. The fourth-order valence-electron chi connectivity index (χ4n) is 2.44. The van der Waals surface area contributed by atoms with Crippen LogP contribution in [0.3, 0.4) is 0 Å². The van der Waals surface area contributed by atoms with Gasteiger partial charge in [0.05, 0.1) is 5.56 Å². The maximum Gasteiger partial charge on any atom is 0.416 e. The topological polar surface area (TPSA) is 54.0 Å². The molecule has 0 bridgehead atoms. The van der Waals surface area contributed by atoms with E-state index in [-0.39, 0.29) is 17.3 Å². The number of anilines is 2. The van der Waals surface area contributed by atoms with E-state index in [0.717, 1.165) is 17.7 Å². The molecule has 1 aromatic heterocycles. The predicted molar refractivity (Wildman–Crippen MR) is 96.6 cm³/mol. The molecule has 7 heteroatoms. The first kappa shape index (κ1) is 18.4. The summed E-state index contributed by atoms with van der Waals surface area (Å²) >= 11 is 0. The highest BCUT2D eigenvalue weighted by Crippen LogP contribution is 2.31. The van der Waals surface area contributed by atoms with Gasteiger partial charge in [0.2, 0.25) is 0 Å². The van der Waals surface area contributed by atoms with Gasteiger partial charge < -0.3 is 10.6 Å². The van der Waals surface area contributed by atoms with Gasteiger partial charge in [-0.3, -0.25) is 9.78 Å². The number of hydrogen-bond donors (Lipinski definition) is 2. The SMILES string of the molecule is O=C(NCc1ccccc1)c1cc(Nc2cccc(C(F)(F)F)c2)ccn1. The van der Waals surface area contributed by atoms with Crippen molar-refractivity contribution in [2.75, 3.05) is 5.32 Å². The summed E-state index contributed by atoms with van der Waals surface area (Å²) in [6.45, 7) is 0.354. The number of hydrogen-bond acceptors (Lipinski definition) is 3. The highest BCUT2D eigenvalue weighted by Gasteiger charge is 2.30. The summed E-state index contributed by atoms with van der Waals surface area (Å²) in [4.78, 5) is 16.3. The van der Waals surface area contributed by atoms with Crippen LogP contribution in [0.4, 0.5) is 24.5 Å². The Balaban J connectivity index is 1.69. The third kappa shape index (κ3) is 5.07. The second kappa shape index (κ2) is 7.90. The molecule has 3 aromatic rings. The Kier molecular flexibility index (Phi) is 5.40. The van der Waals surface area contributed by atoms with E-state index in [9.17, 15) is 18.0 Å². The third-order valence-electron chi connectivity index (χ3n) is 3.77. The van der Waals surface area contributed by atoms with Gasteiger partial charge in [0.15, 0.2) is 0 Å². The van der Waals surface area contributed by atoms with Crippen LogP contribution in [0.25, 0.3) is 0 Å². The predicted octanol–water partition coefficient (Wildman–Crippen LogP) is 4.77. The fraction of sp³-hybridized carbons (Fsp3) is 0.100. The Morgan fingerprint density at radius 1 is 0.926 bits per heavy atom. The molecule has 0 aliphatic rings. The summed E-state index contributed by atoms with van der Waals surface area (Å²) in [7, 11) is 0. The molecule has 0 atom stereocenters. The zero-order valence-corrected chi connectivity index (χ0v) is 14.1. The maximum atomic E-state index is 12.8. The summed E-state index contributed by atoms with van der Waals surface area (Å²) in [5.41, 5.74) is 1.11. The lowest BCUT2D eigenvalue weighted by Crippen LogP contribution is -2.23. The van der Waals surface area contributed by atoms with Crippen LogP contribution in [0.15, 0.2) is 72.9 Å². The zero-order valence-electron chi connectivity index (χ0n) is 14.1. The first-order valence-corrected chi connectivity index (χ1v) is 8.14. The number of halogens is 3. The van der Waals surface area contributed by atoms with Crippen molar-refractivity contribution in [3.63, 3.8) is 0 Å². The Hall–Kier alpha value is -3.35. The third-order valence-corrected chi connectivity index (χ3v) is 3.77. The standard InChI is InChI=1S/C20H16F3N3O/c21-20(22,23)15-7-4-8-16(11-15)26-17-9-10-24-18(12-17)19(27)25-13-14-5-2-1-3-6-14/h1-12H,13H2,(H,24,26)(H,25,27). The number of alkyl halides is 3. The molecule has 0 fully saturated rings. The number of carbonyl (C=O) groups excluding carboxylic acids is 1. The second-order valence-corrected chi connectivity index (χ2v) is 5.80. The molecular weight excluding hydrogens is 355 g/mol. The van der Waals surface area contributed by atoms with Crippen molar-refractivity contribution in [3.8, 4) is 0 Å². The van der Waals surface area contributed by atoms with E-state index in [2.05, 4.69) is 15.6 Å². The van der Waals surface area contributed by atoms with Crippen molar-refractivity contribution >= 4 is 17.3 Å². The molecule has 3 rings (SSSR count). The maximum absolute atomic E-state index is 12.8. The number of nitrogens with one attached hydrogen (secondary N) is 2. The number of carbonyl (C=O) groups is 1. The number of aromatic nitrogens is 1. The first-order chi connectivity index (χ1) is 12.9. The molecule has 2 aromatic carbocycles. The van der Waals surface area contributed by atoms with Gasteiger partial charge in [0.25, 0.3) is 5.91 Å². The van der Waals surface area contributed by atoms with Gasteiger partial charge in [-0.15, -0.1) is 0 Å². The zero-order chi connectivity index (χ0) is 19.3.